The predicted molar refractivity (Wildman–Crippen MR) is 154 cm³/mol. The Morgan fingerprint density at radius 2 is 1.72 bits per heavy atom. The minimum absolute atomic E-state index is 0.00348. The van der Waals surface area contributed by atoms with E-state index in [1.165, 1.54) is 17.0 Å². The molecule has 1 N–H and O–H groups in total. The summed E-state index contributed by atoms with van der Waals surface area (Å²) in [6.45, 7) is 5.56. The number of likely N-dealkylation sites (tertiary alicyclic amines) is 1. The Morgan fingerprint density at radius 3 is 2.31 bits per heavy atom. The van der Waals surface area contributed by atoms with Crippen molar-refractivity contribution in [1.29, 1.82) is 0 Å². The molecular formula is C29H40N2O6S2. The van der Waals surface area contributed by atoms with E-state index in [4.69, 9.17) is 4.74 Å². The highest BCUT2D eigenvalue weighted by Gasteiger charge is 2.53. The van der Waals surface area contributed by atoms with Crippen LogP contribution in [-0.4, -0.2) is 81.4 Å². The number of carbonyl (C=O) groups excluding carboxylic acids is 1. The smallest absolute Gasteiger partial charge is 0.325 e. The molecular weight excluding hydrogens is 536 g/mol. The Kier molecular flexibility index (Phi) is 9.85. The number of rotatable bonds is 12. The van der Waals surface area contributed by atoms with Crippen molar-refractivity contribution in [1.82, 2.24) is 4.90 Å². The summed E-state index contributed by atoms with van der Waals surface area (Å²) in [5.41, 5.74) is 0.886. The van der Waals surface area contributed by atoms with E-state index in [1.54, 1.807) is 30.6 Å². The number of sulfone groups is 1. The summed E-state index contributed by atoms with van der Waals surface area (Å²) in [5, 5.41) is 10.0. The molecule has 2 saturated heterocycles. The van der Waals surface area contributed by atoms with Crippen LogP contribution < -0.4 is 4.90 Å². The monoisotopic (exact) mass is 576 g/mol. The lowest BCUT2D eigenvalue weighted by Crippen LogP contribution is -2.54. The summed E-state index contributed by atoms with van der Waals surface area (Å²) >= 11 is 1.62. The zero-order valence-electron chi connectivity index (χ0n) is 22.9. The first kappa shape index (κ1) is 29.7. The number of anilines is 1. The molecule has 8 nitrogen and oxygen atoms in total. The van der Waals surface area contributed by atoms with Crippen LogP contribution in [0.5, 0.6) is 0 Å². The molecule has 0 saturated carbocycles. The fraction of sp³-hybridized carbons (Fsp3) is 0.586. The number of benzene rings is 1. The summed E-state index contributed by atoms with van der Waals surface area (Å²) in [4.78, 5) is 31.8. The van der Waals surface area contributed by atoms with Gasteiger partial charge in [-0.2, -0.15) is 0 Å². The van der Waals surface area contributed by atoms with Crippen LogP contribution in [0.2, 0.25) is 0 Å². The molecule has 0 bridgehead atoms. The standard InChI is InChI=1S/C29H40N2O6S2/c1-3-4-5-24-8-11-26(38-24)27(32)22-12-16-31(17-13-22)23-6-9-25(10-7-23)39(35,36)29(28(33)34)14-18-30(19-15-29)20-21-37-2/h6-11,22H,3-5,12-21H2,1-2H3,(H,33,34). The van der Waals surface area contributed by atoms with E-state index in [0.29, 0.717) is 39.3 Å². The number of piperidine rings is 2. The van der Waals surface area contributed by atoms with Crippen LogP contribution in [0.4, 0.5) is 5.69 Å². The van der Waals surface area contributed by atoms with Gasteiger partial charge in [-0.1, -0.05) is 13.3 Å². The second-order valence-corrected chi connectivity index (χ2v) is 14.1. The van der Waals surface area contributed by atoms with E-state index < -0.39 is 20.6 Å². The highest BCUT2D eigenvalue weighted by atomic mass is 32.2. The van der Waals surface area contributed by atoms with Gasteiger partial charge < -0.3 is 19.6 Å². The number of thiophene rings is 1. The van der Waals surface area contributed by atoms with Crippen LogP contribution in [0.15, 0.2) is 41.3 Å². The van der Waals surface area contributed by atoms with E-state index in [-0.39, 0.29) is 29.4 Å². The van der Waals surface area contributed by atoms with Gasteiger partial charge in [-0.3, -0.25) is 9.59 Å². The molecule has 0 atom stereocenters. The molecule has 2 aliphatic heterocycles. The Morgan fingerprint density at radius 1 is 1.05 bits per heavy atom. The van der Waals surface area contributed by atoms with E-state index in [9.17, 15) is 23.1 Å². The number of ketones is 1. The number of aliphatic carboxylic acids is 1. The van der Waals surface area contributed by atoms with Crippen LogP contribution >= 0.6 is 11.3 Å². The summed E-state index contributed by atoms with van der Waals surface area (Å²) in [5.74, 6) is -1.05. The Hall–Kier alpha value is -2.27. The summed E-state index contributed by atoms with van der Waals surface area (Å²) in [7, 11) is -2.48. The van der Waals surface area contributed by atoms with Gasteiger partial charge in [-0.05, 0) is 74.9 Å². The maximum absolute atomic E-state index is 13.6. The van der Waals surface area contributed by atoms with Crippen LogP contribution in [0.1, 0.15) is 60.0 Å². The number of unbranched alkanes of at least 4 members (excludes halogenated alkanes) is 1. The first-order chi connectivity index (χ1) is 18.7. The minimum atomic E-state index is -4.09. The van der Waals surface area contributed by atoms with Crippen LogP contribution in [0.25, 0.3) is 0 Å². The van der Waals surface area contributed by atoms with E-state index in [2.05, 4.69) is 17.9 Å². The zero-order valence-corrected chi connectivity index (χ0v) is 24.6. The first-order valence-corrected chi connectivity index (χ1v) is 16.2. The molecule has 1 aromatic heterocycles. The second kappa shape index (κ2) is 12.9. The molecule has 0 spiro atoms. The lowest BCUT2D eigenvalue weighted by molar-refractivity contribution is -0.141. The van der Waals surface area contributed by atoms with Crippen molar-refractivity contribution >= 4 is 38.6 Å². The number of carboxylic acids is 1. The molecule has 0 aliphatic carbocycles. The number of methoxy groups -OCH3 is 1. The Labute approximate surface area is 235 Å². The molecule has 0 unspecified atom stereocenters. The summed E-state index contributed by atoms with van der Waals surface area (Å²) < 4.78 is 30.5. The normalized spacial score (nSPS) is 18.8. The van der Waals surface area contributed by atoms with Crippen LogP contribution in [-0.2, 0) is 25.8 Å². The van der Waals surface area contributed by atoms with Gasteiger partial charge in [0, 0.05) is 56.3 Å². The van der Waals surface area contributed by atoms with E-state index >= 15 is 0 Å². The molecule has 0 amide bonds. The molecule has 3 heterocycles. The van der Waals surface area contributed by atoms with Gasteiger partial charge >= 0.3 is 5.97 Å². The molecule has 4 rings (SSSR count). The third-order valence-electron chi connectivity index (χ3n) is 8.24. The lowest BCUT2D eigenvalue weighted by Gasteiger charge is -2.38. The van der Waals surface area contributed by atoms with Gasteiger partial charge in [0.25, 0.3) is 0 Å². The van der Waals surface area contributed by atoms with Gasteiger partial charge in [-0.15, -0.1) is 11.3 Å². The average Bonchev–Trinajstić information content (AvgIpc) is 3.44. The topological polar surface area (TPSA) is 104 Å². The van der Waals surface area contributed by atoms with Crippen molar-refractivity contribution in [2.45, 2.75) is 61.5 Å². The van der Waals surface area contributed by atoms with Gasteiger partial charge in [0.2, 0.25) is 0 Å². The highest BCUT2D eigenvalue weighted by molar-refractivity contribution is 7.93. The lowest BCUT2D eigenvalue weighted by atomic mass is 9.91. The molecule has 2 aliphatic rings. The Balaban J connectivity index is 1.38. The molecule has 10 heteroatoms. The third kappa shape index (κ3) is 6.39. The van der Waals surface area contributed by atoms with E-state index in [1.807, 2.05) is 11.0 Å². The minimum Gasteiger partial charge on any atom is -0.480 e. The first-order valence-electron chi connectivity index (χ1n) is 13.9. The van der Waals surface area contributed by atoms with Crippen molar-refractivity contribution in [3.05, 3.63) is 46.2 Å². The fourth-order valence-corrected chi connectivity index (χ4v) is 8.58. The summed E-state index contributed by atoms with van der Waals surface area (Å²) in [6.07, 6.45) is 4.90. The number of ether oxygens (including phenoxy) is 1. The number of carbonyl (C=O) groups is 2. The van der Waals surface area contributed by atoms with Crippen molar-refractivity contribution in [2.24, 2.45) is 5.92 Å². The molecule has 214 valence electrons. The molecule has 39 heavy (non-hydrogen) atoms. The van der Waals surface area contributed by atoms with Crippen molar-refractivity contribution in [2.75, 3.05) is 51.3 Å². The maximum Gasteiger partial charge on any atom is 0.325 e. The second-order valence-electron chi connectivity index (χ2n) is 10.6. The largest absolute Gasteiger partial charge is 0.480 e. The number of nitrogens with zero attached hydrogens (tertiary/aromatic N) is 2. The van der Waals surface area contributed by atoms with Crippen molar-refractivity contribution in [3.63, 3.8) is 0 Å². The fourth-order valence-electron chi connectivity index (χ4n) is 5.61. The zero-order chi connectivity index (χ0) is 28.0. The maximum atomic E-state index is 13.6. The number of hydrogen-bond acceptors (Lipinski definition) is 8. The van der Waals surface area contributed by atoms with Crippen LogP contribution in [0, 0.1) is 5.92 Å². The Bertz CT molecular complexity index is 1220. The number of hydrogen-bond donors (Lipinski definition) is 1. The average molecular weight is 577 g/mol. The molecule has 1 aromatic carbocycles. The molecule has 2 fully saturated rings. The van der Waals surface area contributed by atoms with E-state index in [0.717, 1.165) is 42.7 Å². The SMILES string of the molecule is CCCCc1ccc(C(=O)C2CCN(c3ccc(S(=O)(=O)C4(C(=O)O)CCN(CCOC)CC4)cc3)CC2)s1. The van der Waals surface area contributed by atoms with Crippen molar-refractivity contribution in [3.8, 4) is 0 Å². The van der Waals surface area contributed by atoms with Crippen LogP contribution in [0.3, 0.4) is 0 Å². The molecule has 0 radical (unpaired) electrons. The van der Waals surface area contributed by atoms with Gasteiger partial charge in [0.15, 0.2) is 20.4 Å². The number of Topliss-reactive ketones (excluding diaryl/α,β-unsaturated/α-hetero) is 1. The highest BCUT2D eigenvalue weighted by Crippen LogP contribution is 2.37. The van der Waals surface area contributed by atoms with Gasteiger partial charge in [0.1, 0.15) is 0 Å². The van der Waals surface area contributed by atoms with Gasteiger partial charge in [-0.25, -0.2) is 8.42 Å². The summed E-state index contributed by atoms with van der Waals surface area (Å²) in [6, 6.07) is 10.6. The third-order valence-corrected chi connectivity index (χ3v) is 11.9. The predicted octanol–water partition coefficient (Wildman–Crippen LogP) is 4.53. The number of carboxylic acid groups (broad SMARTS) is 1. The molecule has 2 aromatic rings. The van der Waals surface area contributed by atoms with Crippen molar-refractivity contribution < 1.29 is 27.9 Å². The number of aryl methyl sites for hydroxylation is 1. The quantitative estimate of drug-likeness (QED) is 0.368. The van der Waals surface area contributed by atoms with Gasteiger partial charge in [0.05, 0.1) is 16.4 Å².